The molecule has 0 saturated heterocycles. The van der Waals surface area contributed by atoms with E-state index in [2.05, 4.69) is 29.3 Å². The van der Waals surface area contributed by atoms with Gasteiger partial charge in [-0.05, 0) is 31.7 Å². The van der Waals surface area contributed by atoms with Crippen molar-refractivity contribution in [2.75, 3.05) is 24.5 Å². The van der Waals surface area contributed by atoms with Crippen LogP contribution in [0.1, 0.15) is 25.5 Å². The second-order valence-corrected chi connectivity index (χ2v) is 5.01. The maximum absolute atomic E-state index is 14.1. The SMILES string of the molecule is CCNC(CN(CC)c1ccccc1)c1ccccc1F. The highest BCUT2D eigenvalue weighted by Gasteiger charge is 2.17. The summed E-state index contributed by atoms with van der Waals surface area (Å²) >= 11 is 0. The Morgan fingerprint density at radius 3 is 2.29 bits per heavy atom. The Kier molecular flexibility index (Phi) is 5.76. The average Bonchev–Trinajstić information content (AvgIpc) is 2.53. The van der Waals surface area contributed by atoms with Crippen molar-refractivity contribution < 1.29 is 4.39 Å². The van der Waals surface area contributed by atoms with Crippen molar-refractivity contribution in [1.29, 1.82) is 0 Å². The minimum Gasteiger partial charge on any atom is -0.370 e. The van der Waals surface area contributed by atoms with Crippen molar-refractivity contribution in [2.24, 2.45) is 0 Å². The number of likely N-dealkylation sites (N-methyl/N-ethyl adjacent to an activating group) is 2. The summed E-state index contributed by atoms with van der Waals surface area (Å²) in [6, 6.07) is 17.2. The maximum atomic E-state index is 14.1. The molecule has 0 aromatic heterocycles. The molecule has 2 aromatic carbocycles. The van der Waals surface area contributed by atoms with Crippen LogP contribution in [0.3, 0.4) is 0 Å². The van der Waals surface area contributed by atoms with E-state index in [1.807, 2.05) is 37.3 Å². The zero-order valence-corrected chi connectivity index (χ0v) is 12.7. The summed E-state index contributed by atoms with van der Waals surface area (Å²) in [4.78, 5) is 2.26. The summed E-state index contributed by atoms with van der Waals surface area (Å²) in [6.45, 7) is 6.62. The second kappa shape index (κ2) is 7.79. The highest BCUT2D eigenvalue weighted by atomic mass is 19.1. The zero-order valence-electron chi connectivity index (χ0n) is 12.7. The first-order valence-electron chi connectivity index (χ1n) is 7.54. The molecule has 0 amide bonds. The van der Waals surface area contributed by atoms with Crippen LogP contribution in [0.25, 0.3) is 0 Å². The Labute approximate surface area is 126 Å². The van der Waals surface area contributed by atoms with Gasteiger partial charge in [0.1, 0.15) is 5.82 Å². The molecule has 3 heteroatoms. The molecule has 0 heterocycles. The Morgan fingerprint density at radius 1 is 1.00 bits per heavy atom. The fourth-order valence-corrected chi connectivity index (χ4v) is 2.55. The van der Waals surface area contributed by atoms with Crippen LogP contribution in [0.2, 0.25) is 0 Å². The Balaban J connectivity index is 2.21. The van der Waals surface area contributed by atoms with Crippen LogP contribution in [0.5, 0.6) is 0 Å². The van der Waals surface area contributed by atoms with Gasteiger partial charge < -0.3 is 10.2 Å². The number of para-hydroxylation sites is 1. The molecular formula is C18H23FN2. The van der Waals surface area contributed by atoms with Crippen LogP contribution in [-0.4, -0.2) is 19.6 Å². The summed E-state index contributed by atoms with van der Waals surface area (Å²) in [5, 5.41) is 3.39. The van der Waals surface area contributed by atoms with E-state index in [1.54, 1.807) is 6.07 Å². The summed E-state index contributed by atoms with van der Waals surface area (Å²) in [7, 11) is 0. The molecule has 0 radical (unpaired) electrons. The van der Waals surface area contributed by atoms with Crippen molar-refractivity contribution in [3.8, 4) is 0 Å². The number of nitrogens with zero attached hydrogens (tertiary/aromatic N) is 1. The van der Waals surface area contributed by atoms with E-state index in [9.17, 15) is 4.39 Å². The van der Waals surface area contributed by atoms with Crippen LogP contribution in [0, 0.1) is 5.82 Å². The van der Waals surface area contributed by atoms with E-state index in [-0.39, 0.29) is 11.9 Å². The zero-order chi connectivity index (χ0) is 15.1. The third-order valence-corrected chi connectivity index (χ3v) is 3.64. The second-order valence-electron chi connectivity index (χ2n) is 5.01. The van der Waals surface area contributed by atoms with Gasteiger partial charge >= 0.3 is 0 Å². The molecular weight excluding hydrogens is 263 g/mol. The minimum absolute atomic E-state index is 0.0173. The molecule has 0 bridgehead atoms. The van der Waals surface area contributed by atoms with Crippen LogP contribution < -0.4 is 10.2 Å². The van der Waals surface area contributed by atoms with Crippen molar-refractivity contribution in [3.05, 3.63) is 66.0 Å². The summed E-state index contributed by atoms with van der Waals surface area (Å²) in [6.07, 6.45) is 0. The molecule has 2 rings (SSSR count). The Morgan fingerprint density at radius 2 is 1.67 bits per heavy atom. The molecule has 0 saturated carbocycles. The largest absolute Gasteiger partial charge is 0.370 e. The highest BCUT2D eigenvalue weighted by Crippen LogP contribution is 2.21. The lowest BCUT2D eigenvalue weighted by Crippen LogP contribution is -2.35. The number of hydrogen-bond acceptors (Lipinski definition) is 2. The smallest absolute Gasteiger partial charge is 0.128 e. The fraction of sp³-hybridized carbons (Fsp3) is 0.333. The molecule has 0 aliphatic carbocycles. The lowest BCUT2D eigenvalue weighted by atomic mass is 10.1. The van der Waals surface area contributed by atoms with Gasteiger partial charge in [0, 0.05) is 24.3 Å². The van der Waals surface area contributed by atoms with Gasteiger partial charge in [-0.2, -0.15) is 0 Å². The fourth-order valence-electron chi connectivity index (χ4n) is 2.55. The number of nitrogens with one attached hydrogen (secondary N) is 1. The number of rotatable bonds is 7. The van der Waals surface area contributed by atoms with Crippen molar-refractivity contribution in [1.82, 2.24) is 5.32 Å². The first kappa shape index (κ1) is 15.5. The van der Waals surface area contributed by atoms with Gasteiger partial charge in [0.2, 0.25) is 0 Å². The van der Waals surface area contributed by atoms with Gasteiger partial charge in [0.25, 0.3) is 0 Å². The number of halogens is 1. The first-order chi connectivity index (χ1) is 10.3. The highest BCUT2D eigenvalue weighted by molar-refractivity contribution is 5.46. The summed E-state index contributed by atoms with van der Waals surface area (Å²) in [5.74, 6) is -0.146. The molecule has 1 atom stereocenters. The van der Waals surface area contributed by atoms with Gasteiger partial charge in [0.15, 0.2) is 0 Å². The molecule has 0 aliphatic rings. The van der Waals surface area contributed by atoms with E-state index in [4.69, 9.17) is 0 Å². The molecule has 2 nitrogen and oxygen atoms in total. The molecule has 112 valence electrons. The number of hydrogen-bond donors (Lipinski definition) is 1. The Hall–Kier alpha value is -1.87. The van der Waals surface area contributed by atoms with Gasteiger partial charge in [-0.15, -0.1) is 0 Å². The number of anilines is 1. The lowest BCUT2D eigenvalue weighted by Gasteiger charge is -2.29. The molecule has 0 fully saturated rings. The summed E-state index contributed by atoms with van der Waals surface area (Å²) < 4.78 is 14.1. The third-order valence-electron chi connectivity index (χ3n) is 3.64. The normalized spacial score (nSPS) is 12.1. The summed E-state index contributed by atoms with van der Waals surface area (Å²) in [5.41, 5.74) is 1.90. The van der Waals surface area contributed by atoms with Gasteiger partial charge in [0.05, 0.1) is 6.04 Å². The van der Waals surface area contributed by atoms with Crippen LogP contribution in [0.4, 0.5) is 10.1 Å². The molecule has 1 unspecified atom stereocenters. The van der Waals surface area contributed by atoms with Gasteiger partial charge in [-0.1, -0.05) is 43.3 Å². The van der Waals surface area contributed by atoms with E-state index in [1.165, 1.54) is 11.8 Å². The van der Waals surface area contributed by atoms with Crippen LogP contribution in [-0.2, 0) is 0 Å². The predicted octanol–water partition coefficient (Wildman–Crippen LogP) is 4.00. The molecule has 2 aromatic rings. The molecule has 21 heavy (non-hydrogen) atoms. The maximum Gasteiger partial charge on any atom is 0.128 e. The van der Waals surface area contributed by atoms with Crippen molar-refractivity contribution in [3.63, 3.8) is 0 Å². The monoisotopic (exact) mass is 286 g/mol. The third kappa shape index (κ3) is 4.05. The molecule has 0 aliphatic heterocycles. The van der Waals surface area contributed by atoms with Gasteiger partial charge in [-0.25, -0.2) is 4.39 Å². The molecule has 1 N–H and O–H groups in total. The Bertz CT molecular complexity index is 542. The quantitative estimate of drug-likeness (QED) is 0.827. The van der Waals surface area contributed by atoms with Crippen molar-refractivity contribution in [2.45, 2.75) is 19.9 Å². The topological polar surface area (TPSA) is 15.3 Å². The predicted molar refractivity (Wildman–Crippen MR) is 87.1 cm³/mol. The molecule has 0 spiro atoms. The van der Waals surface area contributed by atoms with E-state index >= 15 is 0 Å². The van der Waals surface area contributed by atoms with E-state index in [0.29, 0.717) is 0 Å². The minimum atomic E-state index is -0.146. The van der Waals surface area contributed by atoms with E-state index < -0.39 is 0 Å². The lowest BCUT2D eigenvalue weighted by molar-refractivity contribution is 0.506. The van der Waals surface area contributed by atoms with Crippen molar-refractivity contribution >= 4 is 5.69 Å². The van der Waals surface area contributed by atoms with E-state index in [0.717, 1.165) is 25.2 Å². The number of benzene rings is 2. The van der Waals surface area contributed by atoms with Gasteiger partial charge in [-0.3, -0.25) is 0 Å². The van der Waals surface area contributed by atoms with Crippen LogP contribution in [0.15, 0.2) is 54.6 Å². The average molecular weight is 286 g/mol. The standard InChI is InChI=1S/C18H23FN2/c1-3-20-18(16-12-8-9-13-17(16)19)14-21(4-2)15-10-6-5-7-11-15/h5-13,18,20H,3-4,14H2,1-2H3. The van der Waals surface area contributed by atoms with Crippen LogP contribution >= 0.6 is 0 Å². The first-order valence-corrected chi connectivity index (χ1v) is 7.54.